The Labute approximate surface area is 122 Å². The van der Waals surface area contributed by atoms with E-state index in [1.54, 1.807) is 0 Å². The first-order chi connectivity index (χ1) is 9.75. The first kappa shape index (κ1) is 15.5. The molecule has 1 aromatic rings. The van der Waals surface area contributed by atoms with Gasteiger partial charge in [-0.2, -0.15) is 0 Å². The average Bonchev–Trinajstić information content (AvgIpc) is 2.47. The third-order valence-corrected chi connectivity index (χ3v) is 3.88. The van der Waals surface area contributed by atoms with Crippen LogP contribution in [-0.4, -0.2) is 25.8 Å². The molecular weight excluding hydrogens is 252 g/mol. The highest BCUT2D eigenvalue weighted by atomic mass is 16.9. The van der Waals surface area contributed by atoms with Gasteiger partial charge in [-0.25, -0.2) is 0 Å². The van der Waals surface area contributed by atoms with Crippen molar-refractivity contribution >= 4 is 0 Å². The van der Waals surface area contributed by atoms with Crippen LogP contribution in [-0.2, 0) is 27.1 Å². The zero-order valence-corrected chi connectivity index (χ0v) is 12.9. The lowest BCUT2D eigenvalue weighted by Crippen LogP contribution is -2.48. The molecule has 1 atom stereocenters. The van der Waals surface area contributed by atoms with Gasteiger partial charge >= 0.3 is 0 Å². The number of benzene rings is 1. The number of fused-ring (bicyclic) bond motifs is 1. The Balaban J connectivity index is 2.21. The summed E-state index contributed by atoms with van der Waals surface area (Å²) in [6, 6.07) is 8.64. The summed E-state index contributed by atoms with van der Waals surface area (Å²) in [6.07, 6.45) is 3.06. The van der Waals surface area contributed by atoms with E-state index < -0.39 is 5.97 Å². The van der Waals surface area contributed by atoms with Crippen molar-refractivity contribution in [2.24, 2.45) is 5.92 Å². The van der Waals surface area contributed by atoms with Crippen LogP contribution >= 0.6 is 0 Å². The van der Waals surface area contributed by atoms with Crippen LogP contribution in [0.1, 0.15) is 38.3 Å². The molecule has 3 heteroatoms. The highest BCUT2D eigenvalue weighted by Crippen LogP contribution is 2.36. The molecule has 0 saturated carbocycles. The van der Waals surface area contributed by atoms with Crippen LogP contribution in [0.5, 0.6) is 0 Å². The Morgan fingerprint density at radius 3 is 2.05 bits per heavy atom. The average molecular weight is 278 g/mol. The fourth-order valence-electron chi connectivity index (χ4n) is 3.08. The Bertz CT molecular complexity index is 399. The Kier molecular flexibility index (Phi) is 5.58. The number of ether oxygens (including phenoxy) is 3. The van der Waals surface area contributed by atoms with Crippen molar-refractivity contribution in [2.75, 3.05) is 19.8 Å². The van der Waals surface area contributed by atoms with E-state index in [-0.39, 0.29) is 5.92 Å². The van der Waals surface area contributed by atoms with Crippen LogP contribution in [0.15, 0.2) is 24.3 Å². The smallest absolute Gasteiger partial charge is 0.286 e. The summed E-state index contributed by atoms with van der Waals surface area (Å²) < 4.78 is 17.8. The molecule has 0 bridgehead atoms. The molecule has 3 nitrogen and oxygen atoms in total. The van der Waals surface area contributed by atoms with Gasteiger partial charge < -0.3 is 14.2 Å². The van der Waals surface area contributed by atoms with E-state index in [0.717, 1.165) is 19.3 Å². The van der Waals surface area contributed by atoms with Crippen LogP contribution in [0.2, 0.25) is 0 Å². The summed E-state index contributed by atoms with van der Waals surface area (Å²) >= 11 is 0. The highest BCUT2D eigenvalue weighted by Gasteiger charge is 2.43. The zero-order chi connectivity index (χ0) is 14.4. The minimum Gasteiger partial charge on any atom is -0.328 e. The Morgan fingerprint density at radius 2 is 1.50 bits per heavy atom. The van der Waals surface area contributed by atoms with Crippen molar-refractivity contribution in [2.45, 2.75) is 46.0 Å². The van der Waals surface area contributed by atoms with Gasteiger partial charge in [0.1, 0.15) is 0 Å². The second kappa shape index (κ2) is 7.21. The second-order valence-corrected chi connectivity index (χ2v) is 5.11. The van der Waals surface area contributed by atoms with Gasteiger partial charge in [0.15, 0.2) is 0 Å². The van der Waals surface area contributed by atoms with Gasteiger partial charge in [0.2, 0.25) is 0 Å². The largest absolute Gasteiger partial charge is 0.328 e. The zero-order valence-electron chi connectivity index (χ0n) is 12.9. The van der Waals surface area contributed by atoms with E-state index in [2.05, 4.69) is 24.3 Å². The van der Waals surface area contributed by atoms with E-state index >= 15 is 0 Å². The van der Waals surface area contributed by atoms with Gasteiger partial charge in [0.05, 0.1) is 0 Å². The van der Waals surface area contributed by atoms with Crippen LogP contribution in [0.3, 0.4) is 0 Å². The van der Waals surface area contributed by atoms with Crippen molar-refractivity contribution in [3.8, 4) is 0 Å². The third-order valence-electron chi connectivity index (χ3n) is 3.88. The molecule has 1 unspecified atom stereocenters. The summed E-state index contributed by atoms with van der Waals surface area (Å²) in [5.74, 6) is -0.636. The lowest BCUT2D eigenvalue weighted by atomic mass is 9.82. The van der Waals surface area contributed by atoms with Gasteiger partial charge in [0.25, 0.3) is 5.97 Å². The SMILES string of the molecule is CCOC(OCC)(OCC)C1CCc2ccccc2C1. The molecule has 0 N–H and O–H groups in total. The summed E-state index contributed by atoms with van der Waals surface area (Å²) in [6.45, 7) is 7.76. The predicted molar refractivity (Wildman–Crippen MR) is 79.6 cm³/mol. The third kappa shape index (κ3) is 3.22. The number of hydrogen-bond donors (Lipinski definition) is 0. The minimum atomic E-state index is -0.883. The summed E-state index contributed by atoms with van der Waals surface area (Å²) in [4.78, 5) is 0. The maximum atomic E-state index is 5.92. The standard InChI is InChI=1S/C17H26O3/c1-4-18-17(19-5-2,20-6-3)16-12-11-14-9-7-8-10-15(14)13-16/h7-10,16H,4-6,11-13H2,1-3H3. The topological polar surface area (TPSA) is 27.7 Å². The van der Waals surface area contributed by atoms with E-state index in [1.807, 2.05) is 20.8 Å². The van der Waals surface area contributed by atoms with E-state index in [9.17, 15) is 0 Å². The molecule has 112 valence electrons. The van der Waals surface area contributed by atoms with Crippen molar-refractivity contribution in [1.82, 2.24) is 0 Å². The van der Waals surface area contributed by atoms with E-state index in [4.69, 9.17) is 14.2 Å². The van der Waals surface area contributed by atoms with Crippen molar-refractivity contribution in [3.63, 3.8) is 0 Å². The van der Waals surface area contributed by atoms with Gasteiger partial charge in [-0.15, -0.1) is 0 Å². The van der Waals surface area contributed by atoms with Gasteiger partial charge in [-0.1, -0.05) is 24.3 Å². The molecule has 0 aliphatic heterocycles. The monoisotopic (exact) mass is 278 g/mol. The molecule has 1 aliphatic rings. The van der Waals surface area contributed by atoms with Crippen molar-refractivity contribution in [3.05, 3.63) is 35.4 Å². The Morgan fingerprint density at radius 1 is 0.950 bits per heavy atom. The maximum absolute atomic E-state index is 5.92. The van der Waals surface area contributed by atoms with Gasteiger partial charge in [-0.05, 0) is 51.2 Å². The number of hydrogen-bond acceptors (Lipinski definition) is 3. The first-order valence-electron chi connectivity index (χ1n) is 7.74. The fourth-order valence-corrected chi connectivity index (χ4v) is 3.08. The van der Waals surface area contributed by atoms with E-state index in [1.165, 1.54) is 11.1 Å². The molecule has 1 aliphatic carbocycles. The van der Waals surface area contributed by atoms with Crippen LogP contribution in [0.4, 0.5) is 0 Å². The molecule has 20 heavy (non-hydrogen) atoms. The molecule has 0 aromatic heterocycles. The number of rotatable bonds is 7. The lowest BCUT2D eigenvalue weighted by Gasteiger charge is -2.41. The lowest BCUT2D eigenvalue weighted by molar-refractivity contribution is -0.402. The Hall–Kier alpha value is -0.900. The molecule has 0 fully saturated rings. The normalized spacial score (nSPS) is 18.9. The summed E-state index contributed by atoms with van der Waals surface area (Å²) in [5, 5.41) is 0. The quantitative estimate of drug-likeness (QED) is 0.714. The molecule has 0 radical (unpaired) electrons. The maximum Gasteiger partial charge on any atom is 0.286 e. The molecule has 0 saturated heterocycles. The van der Waals surface area contributed by atoms with Crippen LogP contribution in [0, 0.1) is 5.92 Å². The summed E-state index contributed by atoms with van der Waals surface area (Å²) in [7, 11) is 0. The second-order valence-electron chi connectivity index (χ2n) is 5.11. The van der Waals surface area contributed by atoms with Crippen molar-refractivity contribution < 1.29 is 14.2 Å². The summed E-state index contributed by atoms with van der Waals surface area (Å²) in [5.41, 5.74) is 2.84. The molecule has 2 rings (SSSR count). The molecule has 1 aromatic carbocycles. The predicted octanol–water partition coefficient (Wildman–Crippen LogP) is 3.55. The minimum absolute atomic E-state index is 0.247. The molecule has 0 spiro atoms. The molecule has 0 amide bonds. The van der Waals surface area contributed by atoms with Crippen LogP contribution in [0.25, 0.3) is 0 Å². The van der Waals surface area contributed by atoms with Gasteiger partial charge in [-0.3, -0.25) is 0 Å². The van der Waals surface area contributed by atoms with Crippen molar-refractivity contribution in [1.29, 1.82) is 0 Å². The van der Waals surface area contributed by atoms with Gasteiger partial charge in [0, 0.05) is 25.7 Å². The molecular formula is C17H26O3. The van der Waals surface area contributed by atoms with E-state index in [0.29, 0.717) is 19.8 Å². The first-order valence-corrected chi connectivity index (χ1v) is 7.74. The number of aryl methyl sites for hydroxylation is 1. The highest BCUT2D eigenvalue weighted by molar-refractivity contribution is 5.30. The van der Waals surface area contributed by atoms with Crippen LogP contribution < -0.4 is 0 Å². The molecule has 0 heterocycles. The fraction of sp³-hybridized carbons (Fsp3) is 0.647.